The largest absolute Gasteiger partial charge is 0.478 e. The predicted octanol–water partition coefficient (Wildman–Crippen LogP) is 4.89. The molecule has 0 bridgehead atoms. The summed E-state index contributed by atoms with van der Waals surface area (Å²) >= 11 is 0. The zero-order chi connectivity index (χ0) is 18.6. The fourth-order valence-corrected chi connectivity index (χ4v) is 2.63. The molecule has 132 valence electrons. The molecule has 1 N–H and O–H groups in total. The number of carboxylic acids is 1. The number of carbonyl (C=O) groups is 1. The van der Waals surface area contributed by atoms with Crippen molar-refractivity contribution < 1.29 is 19.2 Å². The molecule has 0 spiro atoms. The molecule has 6 nitrogen and oxygen atoms in total. The minimum Gasteiger partial charge on any atom is -0.478 e. The maximum absolute atomic E-state index is 11.4. The molecule has 0 fully saturated rings. The molecule has 0 amide bonds. The Morgan fingerprint density at radius 2 is 1.63 bits per heavy atom. The van der Waals surface area contributed by atoms with Crippen LogP contribution in [0, 0.1) is 0 Å². The predicted molar refractivity (Wildman–Crippen MR) is 98.6 cm³/mol. The number of para-hydroxylation sites is 1. The van der Waals surface area contributed by atoms with Crippen molar-refractivity contribution in [1.82, 2.24) is 10.1 Å². The molecule has 27 heavy (non-hydrogen) atoms. The highest BCUT2D eigenvalue weighted by Gasteiger charge is 2.17. The van der Waals surface area contributed by atoms with Gasteiger partial charge in [0, 0.05) is 5.56 Å². The first-order valence-corrected chi connectivity index (χ1v) is 8.20. The quantitative estimate of drug-likeness (QED) is 0.546. The van der Waals surface area contributed by atoms with E-state index in [-0.39, 0.29) is 11.5 Å². The number of benzene rings is 3. The number of ether oxygens (including phenoxy) is 1. The van der Waals surface area contributed by atoms with Gasteiger partial charge in [-0.25, -0.2) is 4.79 Å². The summed E-state index contributed by atoms with van der Waals surface area (Å²) in [6.07, 6.45) is 0. The fraction of sp³-hybridized carbons (Fsp3) is 0. The van der Waals surface area contributed by atoms with Gasteiger partial charge in [0.05, 0.1) is 11.1 Å². The maximum atomic E-state index is 11.4. The fourth-order valence-electron chi connectivity index (χ4n) is 2.63. The van der Waals surface area contributed by atoms with Gasteiger partial charge in [-0.3, -0.25) is 0 Å². The number of rotatable bonds is 5. The lowest BCUT2D eigenvalue weighted by atomic mass is 10.1. The van der Waals surface area contributed by atoms with E-state index in [0.717, 1.165) is 5.75 Å². The van der Waals surface area contributed by atoms with Gasteiger partial charge in [-0.2, -0.15) is 4.98 Å². The molecule has 4 rings (SSSR count). The van der Waals surface area contributed by atoms with Crippen LogP contribution in [0.15, 0.2) is 83.4 Å². The number of carboxylic acid groups (broad SMARTS) is 1. The van der Waals surface area contributed by atoms with E-state index < -0.39 is 5.97 Å². The summed E-state index contributed by atoms with van der Waals surface area (Å²) in [5.74, 6) is 0.805. The Hall–Kier alpha value is -3.93. The summed E-state index contributed by atoms with van der Waals surface area (Å²) < 4.78 is 11.1. The standard InChI is InChI=1S/C21H14N2O4/c24-21(25)18-12-5-4-11-17(18)20-22-19(23-27-20)14-7-6-10-16(13-14)26-15-8-2-1-3-9-15/h1-13H,(H,24,25). The lowest BCUT2D eigenvalue weighted by Gasteiger charge is -2.05. The van der Waals surface area contributed by atoms with E-state index in [1.807, 2.05) is 48.5 Å². The van der Waals surface area contributed by atoms with Crippen molar-refractivity contribution in [2.75, 3.05) is 0 Å². The molecule has 0 saturated heterocycles. The average Bonchev–Trinajstić information content (AvgIpc) is 3.19. The highest BCUT2D eigenvalue weighted by Crippen LogP contribution is 2.28. The Labute approximate surface area is 154 Å². The van der Waals surface area contributed by atoms with E-state index in [4.69, 9.17) is 9.26 Å². The molecule has 3 aromatic carbocycles. The molecular formula is C21H14N2O4. The van der Waals surface area contributed by atoms with E-state index in [1.165, 1.54) is 6.07 Å². The summed E-state index contributed by atoms with van der Waals surface area (Å²) in [6.45, 7) is 0. The molecular weight excluding hydrogens is 344 g/mol. The second-order valence-electron chi connectivity index (χ2n) is 5.72. The van der Waals surface area contributed by atoms with E-state index in [2.05, 4.69) is 10.1 Å². The van der Waals surface area contributed by atoms with Gasteiger partial charge in [0.25, 0.3) is 5.89 Å². The van der Waals surface area contributed by atoms with Gasteiger partial charge in [0.15, 0.2) is 0 Å². The van der Waals surface area contributed by atoms with Crippen molar-refractivity contribution in [1.29, 1.82) is 0 Å². The molecule has 0 aliphatic rings. The molecule has 0 aliphatic carbocycles. The minimum absolute atomic E-state index is 0.105. The highest BCUT2D eigenvalue weighted by atomic mass is 16.5. The molecule has 4 aromatic rings. The molecule has 6 heteroatoms. The van der Waals surface area contributed by atoms with Crippen molar-refractivity contribution in [3.63, 3.8) is 0 Å². The summed E-state index contributed by atoms with van der Waals surface area (Å²) in [7, 11) is 0. The van der Waals surface area contributed by atoms with Crippen LogP contribution in [0.1, 0.15) is 10.4 Å². The van der Waals surface area contributed by atoms with Gasteiger partial charge < -0.3 is 14.4 Å². The van der Waals surface area contributed by atoms with E-state index in [9.17, 15) is 9.90 Å². The van der Waals surface area contributed by atoms with Crippen molar-refractivity contribution in [3.8, 4) is 34.3 Å². The van der Waals surface area contributed by atoms with Crippen LogP contribution >= 0.6 is 0 Å². The Morgan fingerprint density at radius 3 is 2.44 bits per heavy atom. The molecule has 1 heterocycles. The first kappa shape index (κ1) is 16.5. The van der Waals surface area contributed by atoms with Gasteiger partial charge in [0.1, 0.15) is 11.5 Å². The zero-order valence-corrected chi connectivity index (χ0v) is 14.1. The Balaban J connectivity index is 1.64. The highest BCUT2D eigenvalue weighted by molar-refractivity contribution is 5.94. The van der Waals surface area contributed by atoms with Gasteiger partial charge in [-0.1, -0.05) is 47.6 Å². The molecule has 0 aliphatic heterocycles. The Morgan fingerprint density at radius 1 is 0.889 bits per heavy atom. The molecule has 0 atom stereocenters. The second kappa shape index (κ2) is 7.13. The summed E-state index contributed by atoms with van der Waals surface area (Å²) in [5, 5.41) is 13.3. The Kier molecular flexibility index (Phi) is 4.37. The maximum Gasteiger partial charge on any atom is 0.336 e. The normalized spacial score (nSPS) is 10.5. The summed E-state index contributed by atoms with van der Waals surface area (Å²) in [5.41, 5.74) is 1.18. The number of nitrogens with zero attached hydrogens (tertiary/aromatic N) is 2. The average molecular weight is 358 g/mol. The number of hydrogen-bond donors (Lipinski definition) is 1. The lowest BCUT2D eigenvalue weighted by Crippen LogP contribution is -1.99. The van der Waals surface area contributed by atoms with Gasteiger partial charge in [-0.15, -0.1) is 0 Å². The smallest absolute Gasteiger partial charge is 0.336 e. The number of aromatic carboxylic acids is 1. The third-order valence-corrected chi connectivity index (χ3v) is 3.89. The monoisotopic (exact) mass is 358 g/mol. The van der Waals surface area contributed by atoms with E-state index >= 15 is 0 Å². The Bertz CT molecular complexity index is 1090. The third-order valence-electron chi connectivity index (χ3n) is 3.89. The first-order valence-electron chi connectivity index (χ1n) is 8.20. The van der Waals surface area contributed by atoms with Crippen LogP contribution in [0.3, 0.4) is 0 Å². The van der Waals surface area contributed by atoms with Crippen LogP contribution in [0.5, 0.6) is 11.5 Å². The number of hydrogen-bond acceptors (Lipinski definition) is 5. The second-order valence-corrected chi connectivity index (χ2v) is 5.72. The minimum atomic E-state index is -1.05. The van der Waals surface area contributed by atoms with E-state index in [1.54, 1.807) is 24.3 Å². The SMILES string of the molecule is O=C(O)c1ccccc1-c1nc(-c2cccc(Oc3ccccc3)c2)no1. The van der Waals surface area contributed by atoms with Crippen molar-refractivity contribution in [2.24, 2.45) is 0 Å². The molecule has 1 aromatic heterocycles. The van der Waals surface area contributed by atoms with Crippen molar-refractivity contribution in [3.05, 3.63) is 84.4 Å². The van der Waals surface area contributed by atoms with Gasteiger partial charge in [-0.05, 0) is 36.4 Å². The topological polar surface area (TPSA) is 85.5 Å². The van der Waals surface area contributed by atoms with Crippen LogP contribution in [-0.4, -0.2) is 21.2 Å². The van der Waals surface area contributed by atoms with Crippen LogP contribution in [0.25, 0.3) is 22.8 Å². The molecule has 0 radical (unpaired) electrons. The summed E-state index contributed by atoms with van der Waals surface area (Å²) in [6, 6.07) is 23.2. The van der Waals surface area contributed by atoms with Crippen LogP contribution in [0.2, 0.25) is 0 Å². The van der Waals surface area contributed by atoms with Crippen LogP contribution in [0.4, 0.5) is 0 Å². The van der Waals surface area contributed by atoms with E-state index in [0.29, 0.717) is 22.7 Å². The lowest BCUT2D eigenvalue weighted by molar-refractivity contribution is 0.0697. The first-order chi connectivity index (χ1) is 13.2. The third kappa shape index (κ3) is 3.55. The molecule has 0 unspecified atom stereocenters. The van der Waals surface area contributed by atoms with Crippen LogP contribution < -0.4 is 4.74 Å². The number of aromatic nitrogens is 2. The van der Waals surface area contributed by atoms with Gasteiger partial charge >= 0.3 is 5.97 Å². The van der Waals surface area contributed by atoms with Crippen LogP contribution in [-0.2, 0) is 0 Å². The van der Waals surface area contributed by atoms with Crippen molar-refractivity contribution in [2.45, 2.75) is 0 Å². The zero-order valence-electron chi connectivity index (χ0n) is 14.1. The summed E-state index contributed by atoms with van der Waals surface area (Å²) in [4.78, 5) is 15.7. The van der Waals surface area contributed by atoms with Gasteiger partial charge in [0.2, 0.25) is 5.82 Å². The van der Waals surface area contributed by atoms with Crippen molar-refractivity contribution >= 4 is 5.97 Å². The molecule has 0 saturated carbocycles.